The molecule has 4 unspecified atom stereocenters. The molecule has 1 fully saturated rings. The molecular formula is C21H23FN5O3P. The number of anilines is 1. The Morgan fingerprint density at radius 3 is 2.68 bits per heavy atom. The van der Waals surface area contributed by atoms with Crippen molar-refractivity contribution in [2.45, 2.75) is 25.4 Å². The van der Waals surface area contributed by atoms with Crippen LogP contribution in [0.1, 0.15) is 23.5 Å². The Morgan fingerprint density at radius 1 is 1.23 bits per heavy atom. The van der Waals surface area contributed by atoms with Gasteiger partial charge in [-0.25, -0.2) is 19.3 Å². The fourth-order valence-electron chi connectivity index (χ4n) is 3.43. The lowest BCUT2D eigenvalue weighted by Gasteiger charge is -2.15. The van der Waals surface area contributed by atoms with Crippen LogP contribution in [0.3, 0.4) is 0 Å². The van der Waals surface area contributed by atoms with E-state index in [1.165, 1.54) is 17.2 Å². The number of nitrogens with one attached hydrogen (secondary N) is 1. The van der Waals surface area contributed by atoms with Gasteiger partial charge in [0, 0.05) is 11.5 Å². The van der Waals surface area contributed by atoms with Crippen LogP contribution >= 0.6 is 7.14 Å². The highest BCUT2D eigenvalue weighted by Gasteiger charge is 2.43. The smallest absolute Gasteiger partial charge is 0.256 e. The molecule has 0 bridgehead atoms. The fraction of sp³-hybridized carbons (Fsp3) is 0.333. The second kappa shape index (κ2) is 8.32. The van der Waals surface area contributed by atoms with Crippen LogP contribution in [-0.4, -0.2) is 51.0 Å². The number of ether oxygens (including phenoxy) is 1. The van der Waals surface area contributed by atoms with E-state index in [1.54, 1.807) is 56.4 Å². The van der Waals surface area contributed by atoms with Crippen LogP contribution in [0.4, 0.5) is 10.2 Å². The molecule has 8 nitrogen and oxygen atoms in total. The monoisotopic (exact) mass is 443 g/mol. The Bertz CT molecular complexity index is 1180. The van der Waals surface area contributed by atoms with E-state index in [9.17, 15) is 9.36 Å². The summed E-state index contributed by atoms with van der Waals surface area (Å²) < 4.78 is 34.5. The van der Waals surface area contributed by atoms with Crippen LogP contribution in [0, 0.1) is 5.92 Å². The van der Waals surface area contributed by atoms with Crippen LogP contribution in [0.15, 0.2) is 54.9 Å². The summed E-state index contributed by atoms with van der Waals surface area (Å²) in [6.07, 6.45) is 1.59. The maximum Gasteiger partial charge on any atom is 0.256 e. The number of hydrogen-bond acceptors (Lipinski definition) is 6. The number of amides is 1. The lowest BCUT2D eigenvalue weighted by molar-refractivity contribution is -0.0000541. The number of alkyl halides is 1. The predicted molar refractivity (Wildman–Crippen MR) is 116 cm³/mol. The van der Waals surface area contributed by atoms with Crippen molar-refractivity contribution in [3.05, 3.63) is 60.4 Å². The van der Waals surface area contributed by atoms with Gasteiger partial charge < -0.3 is 14.6 Å². The van der Waals surface area contributed by atoms with Crippen LogP contribution in [0.5, 0.6) is 0 Å². The van der Waals surface area contributed by atoms with Crippen molar-refractivity contribution in [1.82, 2.24) is 19.5 Å². The van der Waals surface area contributed by atoms with Gasteiger partial charge in [-0.05, 0) is 31.3 Å². The van der Waals surface area contributed by atoms with E-state index < -0.39 is 31.6 Å². The molecule has 4 atom stereocenters. The molecule has 1 aliphatic heterocycles. The van der Waals surface area contributed by atoms with Crippen LogP contribution < -0.4 is 5.32 Å². The molecule has 0 spiro atoms. The van der Waals surface area contributed by atoms with Gasteiger partial charge in [0.1, 0.15) is 13.5 Å². The fourth-order valence-corrected chi connectivity index (χ4v) is 4.02. The van der Waals surface area contributed by atoms with Gasteiger partial charge in [0.15, 0.2) is 29.4 Å². The number of halogens is 1. The first kappa shape index (κ1) is 21.3. The molecule has 3 aromatic rings. The Balaban J connectivity index is 1.61. The molecule has 3 heterocycles. The summed E-state index contributed by atoms with van der Waals surface area (Å²) in [6.45, 7) is 5.02. The van der Waals surface area contributed by atoms with Crippen molar-refractivity contribution in [1.29, 1.82) is 0 Å². The molecule has 10 heteroatoms. The molecule has 0 saturated carbocycles. The first-order valence-corrected chi connectivity index (χ1v) is 12.5. The molecule has 4 rings (SSSR count). The summed E-state index contributed by atoms with van der Waals surface area (Å²) in [5.74, 6) is 1.05. The third kappa shape index (κ3) is 4.43. The number of nitrogens with zero attached hydrogens (tertiary/aromatic N) is 4. The average Bonchev–Trinajstić information content (AvgIpc) is 3.29. The molecule has 0 radical (unpaired) electrons. The predicted octanol–water partition coefficient (Wildman–Crippen LogP) is 4.09. The van der Waals surface area contributed by atoms with Crippen LogP contribution in [0.25, 0.3) is 11.2 Å². The van der Waals surface area contributed by atoms with Gasteiger partial charge in [0.2, 0.25) is 0 Å². The molecule has 31 heavy (non-hydrogen) atoms. The zero-order chi connectivity index (χ0) is 22.2. The summed E-state index contributed by atoms with van der Waals surface area (Å²) in [5, 5.41) is 2.73. The molecule has 0 aliphatic carbocycles. The summed E-state index contributed by atoms with van der Waals surface area (Å²) in [4.78, 5) is 25.1. The van der Waals surface area contributed by atoms with Gasteiger partial charge in [-0.3, -0.25) is 9.36 Å². The molecule has 1 saturated heterocycles. The molecule has 1 aliphatic rings. The second-order valence-electron chi connectivity index (χ2n) is 7.94. The molecule has 1 amide bonds. The van der Waals surface area contributed by atoms with Gasteiger partial charge >= 0.3 is 0 Å². The van der Waals surface area contributed by atoms with E-state index in [4.69, 9.17) is 4.74 Å². The van der Waals surface area contributed by atoms with Crippen molar-refractivity contribution >= 4 is 30.0 Å². The van der Waals surface area contributed by atoms with E-state index in [0.717, 1.165) is 0 Å². The maximum absolute atomic E-state index is 15.1. The second-order valence-corrected chi connectivity index (χ2v) is 11.1. The standard InChI is InChI=1S/C21H23FN5O3P/c1-13-15(9-10-31(2,3)29)30-21(16(13)22)27-12-25-17-18(23-11-24-19(17)27)26-20(28)14-7-5-4-6-8-14/h4-13,15-16,21H,1-3H3,(H,23,24,26,28)/b10-9+. The number of carbonyl (C=O) groups is 1. The quantitative estimate of drug-likeness (QED) is 0.597. The molecule has 1 aromatic carbocycles. The number of fused-ring (bicyclic) bond motifs is 1. The third-order valence-corrected chi connectivity index (χ3v) is 6.02. The summed E-state index contributed by atoms with van der Waals surface area (Å²) in [7, 11) is -2.39. The van der Waals surface area contributed by atoms with Crippen molar-refractivity contribution in [3.8, 4) is 0 Å². The normalized spacial score (nSPS) is 24.1. The number of imidazole rings is 1. The Labute approximate surface area is 178 Å². The topological polar surface area (TPSA) is 99.0 Å². The summed E-state index contributed by atoms with van der Waals surface area (Å²) in [6, 6.07) is 8.72. The van der Waals surface area contributed by atoms with E-state index in [1.807, 2.05) is 6.07 Å². The van der Waals surface area contributed by atoms with Gasteiger partial charge in [-0.1, -0.05) is 31.2 Å². The first-order valence-electron chi connectivity index (χ1n) is 9.82. The van der Waals surface area contributed by atoms with E-state index in [0.29, 0.717) is 16.7 Å². The van der Waals surface area contributed by atoms with Crippen molar-refractivity contribution < 1.29 is 18.5 Å². The number of hydrogen-bond donors (Lipinski definition) is 1. The van der Waals surface area contributed by atoms with Gasteiger partial charge in [0.05, 0.1) is 12.4 Å². The lowest BCUT2D eigenvalue weighted by atomic mass is 10.0. The van der Waals surface area contributed by atoms with E-state index in [2.05, 4.69) is 20.3 Å². The zero-order valence-electron chi connectivity index (χ0n) is 17.3. The first-order chi connectivity index (χ1) is 14.7. The third-order valence-electron chi connectivity index (χ3n) is 5.13. The zero-order valence-corrected chi connectivity index (χ0v) is 18.2. The lowest BCUT2D eigenvalue weighted by Crippen LogP contribution is -2.19. The van der Waals surface area contributed by atoms with Crippen molar-refractivity contribution in [2.75, 3.05) is 18.6 Å². The Kier molecular flexibility index (Phi) is 5.73. The maximum atomic E-state index is 15.1. The summed E-state index contributed by atoms with van der Waals surface area (Å²) in [5.41, 5.74) is 1.16. The SMILES string of the molecule is CC1C(/C=C/P(C)(C)=O)OC(n2cnc3c(NC(=O)c4ccccc4)ncnc32)C1F. The minimum Gasteiger partial charge on any atom is -0.347 e. The number of aromatic nitrogens is 4. The molecular weight excluding hydrogens is 420 g/mol. The van der Waals surface area contributed by atoms with Crippen molar-refractivity contribution in [3.63, 3.8) is 0 Å². The van der Waals surface area contributed by atoms with Gasteiger partial charge in [-0.15, -0.1) is 0 Å². The van der Waals surface area contributed by atoms with Crippen LogP contribution in [-0.2, 0) is 9.30 Å². The highest BCUT2D eigenvalue weighted by atomic mass is 31.2. The van der Waals surface area contributed by atoms with Crippen molar-refractivity contribution in [2.24, 2.45) is 5.92 Å². The molecule has 1 N–H and O–H groups in total. The van der Waals surface area contributed by atoms with Gasteiger partial charge in [0.25, 0.3) is 5.91 Å². The van der Waals surface area contributed by atoms with Crippen LogP contribution in [0.2, 0.25) is 0 Å². The minimum absolute atomic E-state index is 0.230. The highest BCUT2D eigenvalue weighted by molar-refractivity contribution is 7.65. The number of benzene rings is 1. The minimum atomic E-state index is -2.39. The molecule has 162 valence electrons. The number of carbonyl (C=O) groups excluding carboxylic acids is 1. The number of rotatable bonds is 5. The molecule has 2 aromatic heterocycles. The van der Waals surface area contributed by atoms with E-state index in [-0.39, 0.29) is 11.7 Å². The van der Waals surface area contributed by atoms with Gasteiger partial charge in [-0.2, -0.15) is 0 Å². The average molecular weight is 443 g/mol. The largest absolute Gasteiger partial charge is 0.347 e. The highest BCUT2D eigenvalue weighted by Crippen LogP contribution is 2.42. The summed E-state index contributed by atoms with van der Waals surface area (Å²) >= 11 is 0. The Morgan fingerprint density at radius 2 is 1.97 bits per heavy atom. The Hall–Kier alpha value is -2.90. The van der Waals surface area contributed by atoms with E-state index >= 15 is 4.39 Å².